The van der Waals surface area contributed by atoms with Crippen molar-refractivity contribution < 1.29 is 23.2 Å². The molecule has 2 aromatic carbocycles. The number of thiol groups is 1. The average Bonchev–Trinajstić information content (AvgIpc) is 2.75. The highest BCUT2D eigenvalue weighted by atomic mass is 32.2. The minimum Gasteiger partial charge on any atom is -0.506 e. The van der Waals surface area contributed by atoms with Crippen LogP contribution in [0.5, 0.6) is 5.75 Å². The van der Waals surface area contributed by atoms with Crippen LogP contribution in [0.1, 0.15) is 26.2 Å². The third-order valence-electron chi connectivity index (χ3n) is 4.46. The summed E-state index contributed by atoms with van der Waals surface area (Å²) in [6.07, 6.45) is 4.14. The Morgan fingerprint density at radius 2 is 1.89 bits per heavy atom. The van der Waals surface area contributed by atoms with Gasteiger partial charge >= 0.3 is 0 Å². The van der Waals surface area contributed by atoms with E-state index >= 15 is 0 Å². The number of nitrogens with two attached hydrogens (primary N) is 1. The lowest BCUT2D eigenvalue weighted by Gasteiger charge is -2.11. The summed E-state index contributed by atoms with van der Waals surface area (Å²) < 4.78 is 32.0. The maximum Gasteiger partial charge on any atom is 0.294 e. The number of nitrogens with zero attached hydrogens (tertiary/aromatic N) is 2. The van der Waals surface area contributed by atoms with Crippen LogP contribution >= 0.6 is 12.6 Å². The van der Waals surface area contributed by atoms with Crippen molar-refractivity contribution in [3.8, 4) is 5.75 Å². The first-order valence-corrected chi connectivity index (χ1v) is 10.2. The second-order valence-electron chi connectivity index (χ2n) is 6.49. The largest absolute Gasteiger partial charge is 0.506 e. The van der Waals surface area contributed by atoms with Crippen LogP contribution in [0.2, 0.25) is 0 Å². The number of benzene rings is 2. The van der Waals surface area contributed by atoms with Crippen LogP contribution in [-0.2, 0) is 10.1 Å². The molecular weight excluding hydrogens is 402 g/mol. The molecule has 0 aliphatic heterocycles. The molecule has 0 unspecified atom stereocenters. The second kappa shape index (κ2) is 7.46. The van der Waals surface area contributed by atoms with E-state index in [1.165, 1.54) is 12.1 Å². The molecule has 10 heteroatoms. The monoisotopic (exact) mass is 421 g/mol. The third kappa shape index (κ3) is 3.84. The number of aromatic hydroxyl groups is 1. The smallest absolute Gasteiger partial charge is 0.294 e. The summed E-state index contributed by atoms with van der Waals surface area (Å²) in [5.41, 5.74) is 6.96. The Bertz CT molecular complexity index is 1170. The Morgan fingerprint density at radius 1 is 1.18 bits per heavy atom. The van der Waals surface area contributed by atoms with E-state index in [1.807, 2.05) is 6.92 Å². The van der Waals surface area contributed by atoms with Crippen molar-refractivity contribution in [2.24, 2.45) is 10.2 Å². The Kier molecular flexibility index (Phi) is 5.37. The molecule has 1 aliphatic rings. The van der Waals surface area contributed by atoms with Crippen molar-refractivity contribution in [3.05, 3.63) is 41.3 Å². The molecule has 5 N–H and O–H groups in total. The second-order valence-corrected chi connectivity index (χ2v) is 8.39. The fourth-order valence-electron chi connectivity index (χ4n) is 2.98. The predicted octanol–water partition coefficient (Wildman–Crippen LogP) is 4.65. The van der Waals surface area contributed by atoms with Gasteiger partial charge in [0, 0.05) is 16.0 Å². The lowest BCUT2D eigenvalue weighted by atomic mass is 10.1. The quantitative estimate of drug-likeness (QED) is 0.211. The Balaban J connectivity index is 2.14. The van der Waals surface area contributed by atoms with Gasteiger partial charge in [-0.15, -0.1) is 22.9 Å². The van der Waals surface area contributed by atoms with Crippen molar-refractivity contribution in [2.45, 2.75) is 36.0 Å². The van der Waals surface area contributed by atoms with Crippen LogP contribution in [0.25, 0.3) is 10.8 Å². The van der Waals surface area contributed by atoms with E-state index in [-0.39, 0.29) is 38.6 Å². The molecule has 3 rings (SSSR count). The van der Waals surface area contributed by atoms with Crippen molar-refractivity contribution >= 4 is 44.9 Å². The minimum absolute atomic E-state index is 0.0257. The van der Waals surface area contributed by atoms with Gasteiger partial charge in [0.1, 0.15) is 17.1 Å². The summed E-state index contributed by atoms with van der Waals surface area (Å²) in [5.74, 6) is -0.278. The van der Waals surface area contributed by atoms with Gasteiger partial charge in [-0.05, 0) is 55.3 Å². The minimum atomic E-state index is -4.46. The summed E-state index contributed by atoms with van der Waals surface area (Å²) in [5, 5.41) is 29.4. The predicted molar refractivity (Wildman–Crippen MR) is 109 cm³/mol. The number of aliphatic hydroxyl groups is 1. The molecule has 28 heavy (non-hydrogen) atoms. The van der Waals surface area contributed by atoms with Gasteiger partial charge in [0.15, 0.2) is 5.75 Å². The summed E-state index contributed by atoms with van der Waals surface area (Å²) in [7, 11) is -4.46. The van der Waals surface area contributed by atoms with Gasteiger partial charge in [0.2, 0.25) is 0 Å². The zero-order chi connectivity index (χ0) is 20.6. The van der Waals surface area contributed by atoms with E-state index in [0.717, 1.165) is 30.9 Å². The fraction of sp³-hybridized carbons (Fsp3) is 0.222. The Hall–Kier alpha value is -2.56. The molecule has 0 bridgehead atoms. The van der Waals surface area contributed by atoms with Gasteiger partial charge in [-0.2, -0.15) is 8.42 Å². The van der Waals surface area contributed by atoms with E-state index in [2.05, 4.69) is 22.9 Å². The highest BCUT2D eigenvalue weighted by Gasteiger charge is 2.18. The van der Waals surface area contributed by atoms with Gasteiger partial charge in [-0.1, -0.05) is 6.08 Å². The number of phenolic OH excluding ortho intramolecular Hbond substituents is 1. The van der Waals surface area contributed by atoms with Gasteiger partial charge in [0.05, 0.1) is 4.90 Å². The molecule has 0 amide bonds. The first kappa shape index (κ1) is 20.2. The number of aliphatic hydroxyl groups excluding tert-OH is 1. The molecule has 148 valence electrons. The number of nitrogen functional groups attached to an aromatic ring is 1. The van der Waals surface area contributed by atoms with Gasteiger partial charge in [-0.25, -0.2) is 0 Å². The van der Waals surface area contributed by atoms with Gasteiger partial charge in [-0.3, -0.25) is 4.55 Å². The van der Waals surface area contributed by atoms with Crippen LogP contribution in [-0.4, -0.2) is 23.2 Å². The molecule has 1 aliphatic carbocycles. The summed E-state index contributed by atoms with van der Waals surface area (Å²) in [6.45, 7) is 1.81. The molecule has 0 fully saturated rings. The molecule has 0 atom stereocenters. The molecule has 0 radical (unpaired) electrons. The number of hydrogen-bond acceptors (Lipinski definition) is 8. The third-order valence-corrected chi connectivity index (χ3v) is 5.64. The maximum atomic E-state index is 11.4. The highest BCUT2D eigenvalue weighted by molar-refractivity contribution is 7.85. The Morgan fingerprint density at radius 3 is 2.57 bits per heavy atom. The first-order valence-electron chi connectivity index (χ1n) is 8.36. The van der Waals surface area contributed by atoms with Crippen molar-refractivity contribution in [1.29, 1.82) is 0 Å². The number of phenols is 1. The zero-order valence-electron chi connectivity index (χ0n) is 14.9. The summed E-state index contributed by atoms with van der Waals surface area (Å²) in [6, 6.07) is 3.68. The summed E-state index contributed by atoms with van der Waals surface area (Å²) >= 11 is 4.28. The van der Waals surface area contributed by atoms with Gasteiger partial charge in [0.25, 0.3) is 10.1 Å². The SMILES string of the molecule is CC1=C(O)C(N=Nc2c(S)cc3cc(S(=O)(=O)O)cc(N)c3c2O)=CCCC1. The fourth-order valence-corrected chi connectivity index (χ4v) is 3.82. The molecule has 8 nitrogen and oxygen atoms in total. The highest BCUT2D eigenvalue weighted by Crippen LogP contribution is 2.44. The lowest BCUT2D eigenvalue weighted by Crippen LogP contribution is -2.00. The molecule has 0 saturated carbocycles. The number of rotatable bonds is 3. The lowest BCUT2D eigenvalue weighted by molar-refractivity contribution is 0.412. The average molecular weight is 422 g/mol. The van der Waals surface area contributed by atoms with Crippen LogP contribution in [0, 0.1) is 0 Å². The van der Waals surface area contributed by atoms with E-state index in [4.69, 9.17) is 5.73 Å². The molecule has 0 heterocycles. The molecule has 0 saturated heterocycles. The van der Waals surface area contributed by atoms with Crippen molar-refractivity contribution in [3.63, 3.8) is 0 Å². The van der Waals surface area contributed by atoms with Crippen molar-refractivity contribution in [1.82, 2.24) is 0 Å². The molecular formula is C18H19N3O5S2. The van der Waals surface area contributed by atoms with E-state index in [1.54, 1.807) is 6.08 Å². The standard InChI is InChI=1S/C18H19N3O5S2/c1-9-4-2-3-5-13(17(9)22)20-21-16-14(27)7-10-6-11(28(24,25)26)8-12(19)15(10)18(16)23/h5-8,22-23,27H,2-4,19H2,1H3,(H,24,25,26). The molecule has 0 aromatic heterocycles. The van der Waals surface area contributed by atoms with Crippen LogP contribution < -0.4 is 5.73 Å². The van der Waals surface area contributed by atoms with Gasteiger partial charge < -0.3 is 15.9 Å². The number of azo groups is 1. The zero-order valence-corrected chi connectivity index (χ0v) is 16.6. The first-order chi connectivity index (χ1) is 13.1. The van der Waals surface area contributed by atoms with Crippen LogP contribution in [0.3, 0.4) is 0 Å². The molecule has 0 spiro atoms. The molecule has 2 aromatic rings. The van der Waals surface area contributed by atoms with E-state index < -0.39 is 15.0 Å². The Labute approximate surface area is 167 Å². The van der Waals surface area contributed by atoms with Crippen LogP contribution in [0.15, 0.2) is 61.3 Å². The topological polar surface area (TPSA) is 146 Å². The number of hydrogen-bond donors (Lipinski definition) is 5. The van der Waals surface area contributed by atoms with Crippen LogP contribution in [0.4, 0.5) is 11.4 Å². The van der Waals surface area contributed by atoms with E-state index in [0.29, 0.717) is 5.70 Å². The number of allylic oxidation sites excluding steroid dienone is 2. The maximum absolute atomic E-state index is 11.4. The number of fused-ring (bicyclic) bond motifs is 1. The summed E-state index contributed by atoms with van der Waals surface area (Å²) in [4.78, 5) is -0.178. The number of anilines is 1. The van der Waals surface area contributed by atoms with E-state index in [9.17, 15) is 23.2 Å². The van der Waals surface area contributed by atoms with Crippen molar-refractivity contribution in [2.75, 3.05) is 5.73 Å². The normalized spacial score (nSPS) is 15.9.